The minimum Gasteiger partial charge on any atom is -0.493 e. The fourth-order valence-corrected chi connectivity index (χ4v) is 6.34. The van der Waals surface area contributed by atoms with E-state index in [1.807, 2.05) is 85.7 Å². The van der Waals surface area contributed by atoms with Gasteiger partial charge in [0.25, 0.3) is 7.37 Å². The molecule has 0 saturated carbocycles. The maximum absolute atomic E-state index is 15.0. The molecule has 0 aliphatic rings. The summed E-state index contributed by atoms with van der Waals surface area (Å²) in [4.78, 5) is 2.01. The lowest BCUT2D eigenvalue weighted by Crippen LogP contribution is -2.21. The van der Waals surface area contributed by atoms with Crippen LogP contribution in [0.15, 0.2) is 66.7 Å². The number of hydrogen-bond acceptors (Lipinski definition) is 7. The normalized spacial score (nSPS) is 13.4. The molecular weight excluding hydrogens is 475 g/mol. The Morgan fingerprint density at radius 2 is 1.50 bits per heavy atom. The van der Waals surface area contributed by atoms with Crippen LogP contribution in [-0.4, -0.2) is 42.0 Å². The minimum absolute atomic E-state index is 0.376. The topological polar surface area (TPSA) is 69.3 Å². The number of nitrogens with zero attached hydrogens (tertiary/aromatic N) is 1. The Bertz CT molecular complexity index is 1130. The van der Waals surface area contributed by atoms with Crippen molar-refractivity contribution in [2.75, 3.05) is 52.2 Å². The molecule has 0 fully saturated rings. The van der Waals surface area contributed by atoms with Crippen LogP contribution < -0.4 is 29.7 Å². The van der Waals surface area contributed by atoms with Gasteiger partial charge in [0.1, 0.15) is 5.78 Å². The van der Waals surface area contributed by atoms with Crippen LogP contribution in [0.4, 0.5) is 11.4 Å². The van der Waals surface area contributed by atoms with Crippen LogP contribution in [0.25, 0.3) is 0 Å². The maximum atomic E-state index is 15.0. The van der Waals surface area contributed by atoms with E-state index in [0.29, 0.717) is 34.7 Å². The number of unbranched alkanes of at least 4 members (excludes halogenated alkanes) is 1. The summed E-state index contributed by atoms with van der Waals surface area (Å²) in [6, 6.07) is 21.0. The molecule has 0 spiro atoms. The highest BCUT2D eigenvalue weighted by atomic mass is 31.2. The molecule has 2 atom stereocenters. The van der Waals surface area contributed by atoms with Gasteiger partial charge in [-0.1, -0.05) is 31.5 Å². The van der Waals surface area contributed by atoms with E-state index in [2.05, 4.69) is 12.2 Å². The zero-order chi connectivity index (χ0) is 26.1. The fourth-order valence-electron chi connectivity index (χ4n) is 3.92. The number of hydrogen-bond donors (Lipinski definition) is 1. The number of methoxy groups -OCH3 is 3. The summed E-state index contributed by atoms with van der Waals surface area (Å²) in [5, 5.41) is 4.12. The van der Waals surface area contributed by atoms with Crippen LogP contribution in [0.5, 0.6) is 17.2 Å². The molecule has 3 aromatic carbocycles. The van der Waals surface area contributed by atoms with Gasteiger partial charge in [-0.3, -0.25) is 4.57 Å². The van der Waals surface area contributed by atoms with E-state index in [0.717, 1.165) is 24.2 Å². The summed E-state index contributed by atoms with van der Waals surface area (Å²) in [5.74, 6) is 0.722. The van der Waals surface area contributed by atoms with Crippen LogP contribution in [0, 0.1) is 0 Å². The standard InChI is InChI=1S/C28H37N2O5P/c1-7-8-18-35-36(31,24-16-14-23(15-17-24)30(2)3)28(29-22-12-10-9-11-13-22)21-19-25(32-4)27(34-6)26(20-21)33-5/h9-17,19-20,28-29H,7-8,18H2,1-6H3/t28-,36+/m0/s1. The van der Waals surface area contributed by atoms with Gasteiger partial charge in [0, 0.05) is 30.8 Å². The lowest BCUT2D eigenvalue weighted by Gasteiger charge is -2.31. The number of benzene rings is 3. The van der Waals surface area contributed by atoms with Crippen molar-refractivity contribution in [3.05, 3.63) is 72.3 Å². The summed E-state index contributed by atoms with van der Waals surface area (Å²) in [7, 11) is 5.13. The summed E-state index contributed by atoms with van der Waals surface area (Å²) in [6.45, 7) is 2.46. The Morgan fingerprint density at radius 1 is 0.889 bits per heavy atom. The molecular formula is C28H37N2O5P. The highest BCUT2D eigenvalue weighted by Gasteiger charge is 2.39. The highest BCUT2D eigenvalue weighted by molar-refractivity contribution is 7.67. The van der Waals surface area contributed by atoms with Gasteiger partial charge in [-0.25, -0.2) is 0 Å². The third kappa shape index (κ3) is 6.15. The van der Waals surface area contributed by atoms with Crippen LogP contribution >= 0.6 is 7.37 Å². The fraction of sp³-hybridized carbons (Fsp3) is 0.357. The Kier molecular flexibility index (Phi) is 9.68. The van der Waals surface area contributed by atoms with E-state index in [1.54, 1.807) is 21.3 Å². The molecule has 0 aliphatic carbocycles. The van der Waals surface area contributed by atoms with E-state index < -0.39 is 13.2 Å². The molecule has 194 valence electrons. The van der Waals surface area contributed by atoms with Gasteiger partial charge in [-0.2, -0.15) is 0 Å². The van der Waals surface area contributed by atoms with Gasteiger partial charge in [0.05, 0.1) is 27.9 Å². The molecule has 0 radical (unpaired) electrons. The largest absolute Gasteiger partial charge is 0.493 e. The van der Waals surface area contributed by atoms with E-state index in [-0.39, 0.29) is 0 Å². The molecule has 0 aliphatic heterocycles. The lowest BCUT2D eigenvalue weighted by molar-refractivity contribution is 0.307. The quantitative estimate of drug-likeness (QED) is 0.213. The van der Waals surface area contributed by atoms with Crippen molar-refractivity contribution in [2.45, 2.75) is 25.5 Å². The van der Waals surface area contributed by atoms with Gasteiger partial charge in [0.15, 0.2) is 11.5 Å². The summed E-state index contributed by atoms with van der Waals surface area (Å²) in [5.41, 5.74) is 2.53. The predicted octanol–water partition coefficient (Wildman–Crippen LogP) is 6.31. The van der Waals surface area contributed by atoms with E-state index in [9.17, 15) is 0 Å². The van der Waals surface area contributed by atoms with Crippen molar-refractivity contribution in [1.82, 2.24) is 0 Å². The third-order valence-electron chi connectivity index (χ3n) is 5.93. The monoisotopic (exact) mass is 512 g/mol. The predicted molar refractivity (Wildman–Crippen MR) is 148 cm³/mol. The zero-order valence-electron chi connectivity index (χ0n) is 22.0. The Hall–Kier alpha value is -3.15. The van der Waals surface area contributed by atoms with Crippen molar-refractivity contribution >= 4 is 24.0 Å². The Balaban J connectivity index is 2.22. The average Bonchev–Trinajstić information content (AvgIpc) is 2.91. The van der Waals surface area contributed by atoms with Crippen molar-refractivity contribution in [2.24, 2.45) is 0 Å². The second-order valence-electron chi connectivity index (χ2n) is 8.57. The molecule has 36 heavy (non-hydrogen) atoms. The number of ether oxygens (including phenoxy) is 3. The van der Waals surface area contributed by atoms with E-state index >= 15 is 4.57 Å². The first kappa shape index (κ1) is 27.4. The Labute approximate surface area is 214 Å². The molecule has 0 heterocycles. The molecule has 0 saturated heterocycles. The van der Waals surface area contributed by atoms with Gasteiger partial charge >= 0.3 is 0 Å². The van der Waals surface area contributed by atoms with Crippen LogP contribution in [0.2, 0.25) is 0 Å². The molecule has 1 N–H and O–H groups in total. The molecule has 0 unspecified atom stereocenters. The van der Waals surface area contributed by atoms with Crippen LogP contribution in [-0.2, 0) is 9.09 Å². The van der Waals surface area contributed by atoms with E-state index in [4.69, 9.17) is 18.7 Å². The minimum atomic E-state index is -3.51. The van der Waals surface area contributed by atoms with Gasteiger partial charge in [-0.05, 0) is 60.5 Å². The molecule has 0 aromatic heterocycles. The van der Waals surface area contributed by atoms with Gasteiger partial charge in [0.2, 0.25) is 5.75 Å². The highest BCUT2D eigenvalue weighted by Crippen LogP contribution is 2.60. The number of para-hydroxylation sites is 1. The first-order chi connectivity index (χ1) is 17.4. The Morgan fingerprint density at radius 3 is 2.00 bits per heavy atom. The zero-order valence-corrected chi connectivity index (χ0v) is 22.9. The lowest BCUT2D eigenvalue weighted by atomic mass is 10.1. The molecule has 3 rings (SSSR count). The number of nitrogens with one attached hydrogen (secondary N) is 1. The molecule has 3 aromatic rings. The maximum Gasteiger partial charge on any atom is 0.258 e. The molecule has 0 amide bonds. The molecule has 0 bridgehead atoms. The smallest absolute Gasteiger partial charge is 0.258 e. The van der Waals surface area contributed by atoms with Crippen molar-refractivity contribution < 1.29 is 23.3 Å². The summed E-state index contributed by atoms with van der Waals surface area (Å²) >= 11 is 0. The first-order valence-electron chi connectivity index (χ1n) is 12.0. The third-order valence-corrected chi connectivity index (χ3v) is 8.62. The van der Waals surface area contributed by atoms with Crippen molar-refractivity contribution in [1.29, 1.82) is 0 Å². The van der Waals surface area contributed by atoms with Gasteiger partial charge < -0.3 is 29.0 Å². The second kappa shape index (κ2) is 12.7. The van der Waals surface area contributed by atoms with Crippen molar-refractivity contribution in [3.8, 4) is 17.2 Å². The number of rotatable bonds is 13. The SMILES string of the molecule is CCCCO[P@](=O)(c1ccc(N(C)C)cc1)[C@H](Nc1ccccc1)c1cc(OC)c(OC)c(OC)c1. The molecule has 7 nitrogen and oxygen atoms in total. The van der Waals surface area contributed by atoms with Gasteiger partial charge in [-0.15, -0.1) is 0 Å². The number of anilines is 2. The summed E-state index contributed by atoms with van der Waals surface area (Å²) in [6.07, 6.45) is 1.73. The summed E-state index contributed by atoms with van der Waals surface area (Å²) < 4.78 is 38.1. The van der Waals surface area contributed by atoms with Crippen LogP contribution in [0.1, 0.15) is 31.1 Å². The molecule has 8 heteroatoms. The van der Waals surface area contributed by atoms with E-state index in [1.165, 1.54) is 0 Å². The second-order valence-corrected chi connectivity index (χ2v) is 11.1. The average molecular weight is 513 g/mol. The van der Waals surface area contributed by atoms with Crippen molar-refractivity contribution in [3.63, 3.8) is 0 Å². The van der Waals surface area contributed by atoms with Crippen LogP contribution in [0.3, 0.4) is 0 Å². The first-order valence-corrected chi connectivity index (χ1v) is 13.7.